The van der Waals surface area contributed by atoms with E-state index in [1.807, 2.05) is 49.5 Å². The summed E-state index contributed by atoms with van der Waals surface area (Å²) in [5.74, 6) is 0.674. The molecular weight excluding hydrogens is 540 g/mol. The molecule has 0 saturated carbocycles. The molecule has 6 rings (SSSR count). The lowest BCUT2D eigenvalue weighted by Gasteiger charge is -2.13. The van der Waals surface area contributed by atoms with Crippen molar-refractivity contribution in [3.05, 3.63) is 103 Å². The van der Waals surface area contributed by atoms with E-state index in [0.717, 1.165) is 40.3 Å². The van der Waals surface area contributed by atoms with Crippen LogP contribution in [-0.2, 0) is 6.54 Å². The van der Waals surface area contributed by atoms with Gasteiger partial charge in [-0.1, -0.05) is 44.2 Å². The van der Waals surface area contributed by atoms with Gasteiger partial charge in [0.25, 0.3) is 11.8 Å². The molecule has 3 aromatic carbocycles. The Morgan fingerprint density at radius 2 is 1.63 bits per heavy atom. The molecule has 0 aliphatic rings. The molecule has 0 aliphatic carbocycles. The Bertz CT molecular complexity index is 1940. The van der Waals surface area contributed by atoms with Crippen LogP contribution in [-0.4, -0.2) is 42.5 Å². The van der Waals surface area contributed by atoms with Gasteiger partial charge in [-0.25, -0.2) is 9.97 Å². The summed E-state index contributed by atoms with van der Waals surface area (Å²) in [6.45, 7) is 7.60. The number of hydrogen-bond acceptors (Lipinski definition) is 6. The third kappa shape index (κ3) is 5.67. The lowest BCUT2D eigenvalue weighted by Crippen LogP contribution is -2.17. The van der Waals surface area contributed by atoms with E-state index < -0.39 is 0 Å². The predicted octanol–water partition coefficient (Wildman–Crippen LogP) is 6.34. The van der Waals surface area contributed by atoms with E-state index >= 15 is 0 Å². The van der Waals surface area contributed by atoms with Crippen LogP contribution in [0.25, 0.3) is 27.9 Å². The second-order valence-electron chi connectivity index (χ2n) is 10.6. The van der Waals surface area contributed by atoms with E-state index in [1.165, 1.54) is 0 Å². The maximum Gasteiger partial charge on any atom is 0.273 e. The van der Waals surface area contributed by atoms with Crippen LogP contribution in [0.15, 0.2) is 91.3 Å². The molecule has 10 nitrogen and oxygen atoms in total. The Hall–Kier alpha value is -5.51. The summed E-state index contributed by atoms with van der Waals surface area (Å²) in [6.07, 6.45) is 3.43. The highest BCUT2D eigenvalue weighted by atomic mass is 16.2. The molecular formula is C33H32N8O2. The molecule has 0 bridgehead atoms. The number of carbonyl (C=O) groups is 2. The van der Waals surface area contributed by atoms with Gasteiger partial charge in [0.05, 0.1) is 22.9 Å². The van der Waals surface area contributed by atoms with Crippen LogP contribution in [0.3, 0.4) is 0 Å². The topological polar surface area (TPSA) is 118 Å². The first kappa shape index (κ1) is 27.6. The largest absolute Gasteiger partial charge is 0.367 e. The van der Waals surface area contributed by atoms with E-state index in [-0.39, 0.29) is 11.8 Å². The number of nitrogens with zero attached hydrogens (tertiary/aromatic N) is 5. The van der Waals surface area contributed by atoms with E-state index in [1.54, 1.807) is 53.3 Å². The Balaban J connectivity index is 1.22. The number of rotatable bonds is 9. The molecule has 0 saturated heterocycles. The summed E-state index contributed by atoms with van der Waals surface area (Å²) in [5, 5.41) is 13.4. The van der Waals surface area contributed by atoms with Crippen molar-refractivity contribution in [2.45, 2.75) is 27.3 Å². The Morgan fingerprint density at radius 3 is 2.37 bits per heavy atom. The number of nitrogens with one attached hydrogen (secondary N) is 3. The molecule has 10 heteroatoms. The fourth-order valence-corrected chi connectivity index (χ4v) is 4.95. The van der Waals surface area contributed by atoms with Gasteiger partial charge in [-0.15, -0.1) is 0 Å². The summed E-state index contributed by atoms with van der Waals surface area (Å²) in [7, 11) is 0. The zero-order chi connectivity index (χ0) is 29.9. The summed E-state index contributed by atoms with van der Waals surface area (Å²) in [6, 6.07) is 24.1. The number of benzene rings is 3. The molecule has 0 aliphatic heterocycles. The van der Waals surface area contributed by atoms with Gasteiger partial charge in [0.2, 0.25) is 0 Å². The lowest BCUT2D eigenvalue weighted by molar-refractivity contribution is 0.101. The highest BCUT2D eigenvalue weighted by Crippen LogP contribution is 2.29. The molecule has 43 heavy (non-hydrogen) atoms. The van der Waals surface area contributed by atoms with E-state index in [2.05, 4.69) is 39.3 Å². The predicted molar refractivity (Wildman–Crippen MR) is 170 cm³/mol. The zero-order valence-corrected chi connectivity index (χ0v) is 24.2. The molecule has 3 N–H and O–H groups in total. The number of amides is 2. The van der Waals surface area contributed by atoms with E-state index in [0.29, 0.717) is 35.1 Å². The number of aryl methyl sites for hydroxylation is 1. The summed E-state index contributed by atoms with van der Waals surface area (Å²) < 4.78 is 3.73. The number of carbonyl (C=O) groups excluding carboxylic acids is 2. The number of fused-ring (bicyclic) bond motifs is 3. The monoisotopic (exact) mass is 572 g/mol. The number of imidazole rings is 1. The van der Waals surface area contributed by atoms with Crippen LogP contribution < -0.4 is 16.0 Å². The Labute approximate surface area is 248 Å². The number of hydrogen-bond donors (Lipinski definition) is 3. The van der Waals surface area contributed by atoms with Crippen LogP contribution in [0.5, 0.6) is 0 Å². The van der Waals surface area contributed by atoms with Crippen molar-refractivity contribution in [3.8, 4) is 11.3 Å². The highest BCUT2D eigenvalue weighted by Gasteiger charge is 2.16. The minimum atomic E-state index is -0.266. The van der Waals surface area contributed by atoms with Crippen LogP contribution in [0, 0.1) is 5.92 Å². The second-order valence-corrected chi connectivity index (χ2v) is 10.6. The molecule has 0 fully saturated rings. The van der Waals surface area contributed by atoms with Gasteiger partial charge in [0.15, 0.2) is 11.5 Å². The van der Waals surface area contributed by atoms with Crippen molar-refractivity contribution < 1.29 is 9.59 Å². The molecule has 3 aromatic heterocycles. The van der Waals surface area contributed by atoms with Crippen LogP contribution in [0.2, 0.25) is 0 Å². The molecule has 0 radical (unpaired) electrons. The smallest absolute Gasteiger partial charge is 0.273 e. The van der Waals surface area contributed by atoms with Gasteiger partial charge in [0, 0.05) is 41.8 Å². The number of aromatic nitrogens is 5. The Morgan fingerprint density at radius 1 is 0.884 bits per heavy atom. The average Bonchev–Trinajstić information content (AvgIpc) is 3.68. The molecule has 0 spiro atoms. The summed E-state index contributed by atoms with van der Waals surface area (Å²) in [4.78, 5) is 35.4. The van der Waals surface area contributed by atoms with Crippen LogP contribution in [0.1, 0.15) is 41.6 Å². The standard InChI is InChI=1S/C33H32N8O2/c1-4-40-28(16-17-36-40)33(43)38-25-9-7-8-24(18-25)37-32(42)23-14-12-22(13-15-23)29-20-35-31-30(34-19-21(2)3)39-26-10-5-6-11-27(26)41(29)31/h5-18,20-21H,4,19H2,1-3H3,(H,34,39)(H,37,42)(H,38,43). The SMILES string of the molecule is CCn1nccc1C(=O)Nc1cccc(NC(=O)c2ccc(-c3cnc4c(NCC(C)C)nc5ccccc5n34)cc2)c1. The quantitative estimate of drug-likeness (QED) is 0.186. The van der Waals surface area contributed by atoms with Crippen molar-refractivity contribution in [3.63, 3.8) is 0 Å². The first-order valence-corrected chi connectivity index (χ1v) is 14.3. The third-order valence-electron chi connectivity index (χ3n) is 7.08. The Kier molecular flexibility index (Phi) is 7.57. The summed E-state index contributed by atoms with van der Waals surface area (Å²) in [5.41, 5.74) is 6.50. The maximum absolute atomic E-state index is 13.1. The van der Waals surface area contributed by atoms with Gasteiger partial charge in [-0.3, -0.25) is 18.7 Å². The molecule has 216 valence electrons. The summed E-state index contributed by atoms with van der Waals surface area (Å²) >= 11 is 0. The van der Waals surface area contributed by atoms with Gasteiger partial charge in [-0.05, 0) is 61.4 Å². The molecule has 0 atom stereocenters. The second kappa shape index (κ2) is 11.8. The number of anilines is 3. The first-order valence-electron chi connectivity index (χ1n) is 14.3. The molecule has 2 amide bonds. The molecule has 3 heterocycles. The van der Waals surface area contributed by atoms with E-state index in [9.17, 15) is 9.59 Å². The van der Waals surface area contributed by atoms with E-state index in [4.69, 9.17) is 9.97 Å². The van der Waals surface area contributed by atoms with Crippen molar-refractivity contribution in [1.29, 1.82) is 0 Å². The minimum absolute atomic E-state index is 0.257. The fraction of sp³-hybridized carbons (Fsp3) is 0.182. The van der Waals surface area contributed by atoms with Gasteiger partial charge in [-0.2, -0.15) is 5.10 Å². The lowest BCUT2D eigenvalue weighted by atomic mass is 10.1. The normalized spacial score (nSPS) is 11.3. The fourth-order valence-electron chi connectivity index (χ4n) is 4.95. The van der Waals surface area contributed by atoms with Gasteiger partial charge in [0.1, 0.15) is 5.69 Å². The minimum Gasteiger partial charge on any atom is -0.367 e. The third-order valence-corrected chi connectivity index (χ3v) is 7.08. The molecule has 6 aromatic rings. The van der Waals surface area contributed by atoms with Crippen molar-refractivity contribution in [1.82, 2.24) is 24.1 Å². The van der Waals surface area contributed by atoms with Crippen LogP contribution in [0.4, 0.5) is 17.2 Å². The van der Waals surface area contributed by atoms with Crippen molar-refractivity contribution in [2.24, 2.45) is 5.92 Å². The van der Waals surface area contributed by atoms with Gasteiger partial charge < -0.3 is 16.0 Å². The number of para-hydroxylation sites is 2. The molecule has 0 unspecified atom stereocenters. The highest BCUT2D eigenvalue weighted by molar-refractivity contribution is 6.06. The maximum atomic E-state index is 13.1. The van der Waals surface area contributed by atoms with Crippen LogP contribution >= 0.6 is 0 Å². The van der Waals surface area contributed by atoms with Crippen molar-refractivity contribution in [2.75, 3.05) is 22.5 Å². The first-order chi connectivity index (χ1) is 20.9. The average molecular weight is 573 g/mol. The zero-order valence-electron chi connectivity index (χ0n) is 24.2. The van der Waals surface area contributed by atoms with Gasteiger partial charge >= 0.3 is 0 Å². The van der Waals surface area contributed by atoms with Crippen molar-refractivity contribution >= 4 is 45.7 Å².